The fourth-order valence-corrected chi connectivity index (χ4v) is 3.45. The van der Waals surface area contributed by atoms with Gasteiger partial charge in [-0.05, 0) is 18.6 Å². The van der Waals surface area contributed by atoms with Crippen molar-refractivity contribution >= 4 is 11.8 Å². The SMILES string of the molecule is CCCCN(C)C1=CCN([C@H]2CS[C@@H](COC)O2)C=C1. The quantitative estimate of drug-likeness (QED) is 0.719. The largest absolute Gasteiger partial charge is 0.381 e. The van der Waals surface area contributed by atoms with Gasteiger partial charge in [-0.15, -0.1) is 11.8 Å². The average Bonchev–Trinajstić information content (AvgIpc) is 2.94. The number of unbranched alkanes of at least 4 members (excludes halogenated alkanes) is 1. The van der Waals surface area contributed by atoms with Crippen molar-refractivity contribution in [2.75, 3.05) is 39.6 Å². The van der Waals surface area contributed by atoms with Crippen LogP contribution in [0.4, 0.5) is 0 Å². The summed E-state index contributed by atoms with van der Waals surface area (Å²) in [5.74, 6) is 1.01. The predicted octanol–water partition coefficient (Wildman–Crippen LogP) is 2.49. The number of allylic oxidation sites excluding steroid dienone is 1. The fraction of sp³-hybridized carbons (Fsp3) is 0.733. The number of likely N-dealkylation sites (N-methyl/N-ethyl adjacent to an activating group) is 1. The monoisotopic (exact) mass is 298 g/mol. The Morgan fingerprint density at radius 1 is 1.55 bits per heavy atom. The molecule has 0 aromatic rings. The van der Waals surface area contributed by atoms with Crippen LogP contribution in [-0.4, -0.2) is 61.1 Å². The first kappa shape index (κ1) is 15.7. The van der Waals surface area contributed by atoms with Gasteiger partial charge in [-0.3, -0.25) is 0 Å². The van der Waals surface area contributed by atoms with Gasteiger partial charge in [0.1, 0.15) is 11.7 Å². The Morgan fingerprint density at radius 3 is 3.05 bits per heavy atom. The second-order valence-corrected chi connectivity index (χ2v) is 6.42. The van der Waals surface area contributed by atoms with Crippen LogP contribution in [0.25, 0.3) is 0 Å². The molecule has 2 atom stereocenters. The summed E-state index contributed by atoms with van der Waals surface area (Å²) in [4.78, 5) is 4.59. The van der Waals surface area contributed by atoms with Crippen molar-refractivity contribution in [3.63, 3.8) is 0 Å². The molecule has 0 aromatic heterocycles. The van der Waals surface area contributed by atoms with Crippen LogP contribution in [0.3, 0.4) is 0 Å². The molecule has 0 amide bonds. The summed E-state index contributed by atoms with van der Waals surface area (Å²) >= 11 is 1.83. The molecule has 2 aliphatic rings. The minimum absolute atomic E-state index is 0.176. The predicted molar refractivity (Wildman–Crippen MR) is 84.5 cm³/mol. The maximum Gasteiger partial charge on any atom is 0.140 e. The van der Waals surface area contributed by atoms with Gasteiger partial charge in [0.25, 0.3) is 0 Å². The molecular formula is C15H26N2O2S. The first-order valence-electron chi connectivity index (χ1n) is 7.35. The molecule has 1 saturated heterocycles. The summed E-state index contributed by atoms with van der Waals surface area (Å²) in [5, 5.41) is 0. The highest BCUT2D eigenvalue weighted by Crippen LogP contribution is 2.28. The molecule has 0 bridgehead atoms. The Labute approximate surface area is 126 Å². The minimum Gasteiger partial charge on any atom is -0.381 e. The van der Waals surface area contributed by atoms with Gasteiger partial charge in [-0.2, -0.15) is 0 Å². The third-order valence-electron chi connectivity index (χ3n) is 3.64. The number of hydrogen-bond acceptors (Lipinski definition) is 5. The minimum atomic E-state index is 0.176. The summed E-state index contributed by atoms with van der Waals surface area (Å²) in [6.45, 7) is 4.94. The molecule has 1 fully saturated rings. The van der Waals surface area contributed by atoms with E-state index in [4.69, 9.17) is 9.47 Å². The number of methoxy groups -OCH3 is 1. The van der Waals surface area contributed by atoms with Crippen LogP contribution >= 0.6 is 11.8 Å². The van der Waals surface area contributed by atoms with Crippen LogP contribution in [0.1, 0.15) is 19.8 Å². The van der Waals surface area contributed by atoms with E-state index in [0.717, 1.165) is 18.8 Å². The highest BCUT2D eigenvalue weighted by Gasteiger charge is 2.29. The van der Waals surface area contributed by atoms with Crippen LogP contribution in [-0.2, 0) is 9.47 Å². The van der Waals surface area contributed by atoms with E-state index in [1.54, 1.807) is 7.11 Å². The lowest BCUT2D eigenvalue weighted by Gasteiger charge is -2.30. The van der Waals surface area contributed by atoms with Gasteiger partial charge < -0.3 is 19.3 Å². The van der Waals surface area contributed by atoms with Crippen LogP contribution in [0.2, 0.25) is 0 Å². The Kier molecular flexibility index (Phi) is 6.26. The van der Waals surface area contributed by atoms with Gasteiger partial charge in [0.15, 0.2) is 0 Å². The van der Waals surface area contributed by atoms with Crippen molar-refractivity contribution in [1.29, 1.82) is 0 Å². The molecule has 2 aliphatic heterocycles. The van der Waals surface area contributed by atoms with Crippen LogP contribution < -0.4 is 0 Å². The molecule has 114 valence electrons. The molecule has 2 heterocycles. The highest BCUT2D eigenvalue weighted by atomic mass is 32.2. The number of rotatable bonds is 7. The fourth-order valence-electron chi connectivity index (χ4n) is 2.36. The van der Waals surface area contributed by atoms with Gasteiger partial charge in [0, 0.05) is 44.9 Å². The molecular weight excluding hydrogens is 272 g/mol. The van der Waals surface area contributed by atoms with Crippen molar-refractivity contribution in [1.82, 2.24) is 9.80 Å². The average molecular weight is 298 g/mol. The number of ether oxygens (including phenoxy) is 2. The Bertz CT molecular complexity index is 360. The van der Waals surface area contributed by atoms with Crippen LogP contribution in [0, 0.1) is 0 Å². The molecule has 0 aromatic carbocycles. The van der Waals surface area contributed by atoms with E-state index in [1.807, 2.05) is 11.8 Å². The van der Waals surface area contributed by atoms with Gasteiger partial charge in [0.05, 0.1) is 6.61 Å². The van der Waals surface area contributed by atoms with Crippen molar-refractivity contribution in [3.8, 4) is 0 Å². The Morgan fingerprint density at radius 2 is 2.40 bits per heavy atom. The second kappa shape index (κ2) is 7.96. The highest BCUT2D eigenvalue weighted by molar-refractivity contribution is 8.00. The second-order valence-electron chi connectivity index (χ2n) is 5.23. The lowest BCUT2D eigenvalue weighted by molar-refractivity contribution is -0.0388. The maximum absolute atomic E-state index is 5.97. The van der Waals surface area contributed by atoms with E-state index in [9.17, 15) is 0 Å². The van der Waals surface area contributed by atoms with Crippen molar-refractivity contribution in [2.24, 2.45) is 0 Å². The summed E-state index contributed by atoms with van der Waals surface area (Å²) in [6, 6.07) is 0. The Balaban J connectivity index is 1.79. The third kappa shape index (κ3) is 4.17. The summed E-state index contributed by atoms with van der Waals surface area (Å²) in [5.41, 5.74) is 1.49. The first-order chi connectivity index (χ1) is 9.74. The lowest BCUT2D eigenvalue weighted by Crippen LogP contribution is -2.35. The molecule has 0 unspecified atom stereocenters. The maximum atomic E-state index is 5.97. The summed E-state index contributed by atoms with van der Waals surface area (Å²) < 4.78 is 11.1. The summed E-state index contributed by atoms with van der Waals surface area (Å²) in [7, 11) is 3.89. The van der Waals surface area contributed by atoms with E-state index in [-0.39, 0.29) is 11.7 Å². The van der Waals surface area contributed by atoms with Gasteiger partial charge in [-0.1, -0.05) is 13.3 Å². The van der Waals surface area contributed by atoms with E-state index in [0.29, 0.717) is 6.61 Å². The molecule has 4 nitrogen and oxygen atoms in total. The zero-order valence-electron chi connectivity index (χ0n) is 12.7. The zero-order valence-corrected chi connectivity index (χ0v) is 13.6. The normalized spacial score (nSPS) is 25.9. The van der Waals surface area contributed by atoms with Crippen molar-refractivity contribution in [3.05, 3.63) is 24.0 Å². The van der Waals surface area contributed by atoms with Gasteiger partial charge in [-0.25, -0.2) is 0 Å². The standard InChI is InChI=1S/C15H26N2O2S/c1-4-5-8-16(2)13-6-9-17(10-7-13)14-12-20-15(19-14)11-18-3/h6-7,9,14-15H,4-5,8,10-12H2,1-3H3/t14-,15+/m1/s1. The first-order valence-corrected chi connectivity index (χ1v) is 8.40. The molecule has 0 spiro atoms. The smallest absolute Gasteiger partial charge is 0.140 e. The van der Waals surface area contributed by atoms with E-state index >= 15 is 0 Å². The molecule has 0 radical (unpaired) electrons. The van der Waals surface area contributed by atoms with E-state index in [2.05, 4.69) is 42.1 Å². The van der Waals surface area contributed by atoms with Crippen LogP contribution in [0.5, 0.6) is 0 Å². The van der Waals surface area contributed by atoms with Crippen molar-refractivity contribution < 1.29 is 9.47 Å². The van der Waals surface area contributed by atoms with E-state index < -0.39 is 0 Å². The van der Waals surface area contributed by atoms with Crippen LogP contribution in [0.15, 0.2) is 24.0 Å². The molecule has 0 aliphatic carbocycles. The summed E-state index contributed by atoms with van der Waals surface area (Å²) in [6.07, 6.45) is 9.30. The van der Waals surface area contributed by atoms with Gasteiger partial charge in [0.2, 0.25) is 0 Å². The topological polar surface area (TPSA) is 24.9 Å². The lowest BCUT2D eigenvalue weighted by atomic mass is 10.2. The van der Waals surface area contributed by atoms with Gasteiger partial charge >= 0.3 is 0 Å². The molecule has 2 rings (SSSR count). The molecule has 5 heteroatoms. The molecule has 20 heavy (non-hydrogen) atoms. The third-order valence-corrected chi connectivity index (χ3v) is 4.74. The molecule has 0 N–H and O–H groups in total. The van der Waals surface area contributed by atoms with E-state index in [1.165, 1.54) is 18.5 Å². The molecule has 0 saturated carbocycles. The number of hydrogen-bond donors (Lipinski definition) is 0. The Hall–Kier alpha value is -0.650. The zero-order chi connectivity index (χ0) is 14.4. The number of nitrogens with zero attached hydrogens (tertiary/aromatic N) is 2. The van der Waals surface area contributed by atoms with Crippen molar-refractivity contribution in [2.45, 2.75) is 31.4 Å². The number of thioether (sulfide) groups is 1.